The van der Waals surface area contributed by atoms with Gasteiger partial charge in [0.05, 0.1) is 11.1 Å². The van der Waals surface area contributed by atoms with Crippen LogP contribution in [0.4, 0.5) is 11.6 Å². The number of hydrogen-bond donors (Lipinski definition) is 2. The standard InChI is InChI=1S/C13H13N5O3/c1-8-5-9(2)16-13(15-8)17-14-7-10-6-11(18(20)21)3-4-12(10)19/h3-7,19H,1-2H3,(H,15,16,17)/b14-7-. The Bertz CT molecular complexity index is 695. The zero-order chi connectivity index (χ0) is 15.4. The maximum absolute atomic E-state index is 10.7. The van der Waals surface area contributed by atoms with Gasteiger partial charge in [0.25, 0.3) is 5.69 Å². The monoisotopic (exact) mass is 287 g/mol. The van der Waals surface area contributed by atoms with Gasteiger partial charge in [0.1, 0.15) is 5.75 Å². The van der Waals surface area contributed by atoms with Crippen LogP contribution in [0.1, 0.15) is 17.0 Å². The number of aromatic nitrogens is 2. The van der Waals surface area contributed by atoms with E-state index in [1.807, 2.05) is 19.9 Å². The Kier molecular flexibility index (Phi) is 4.07. The van der Waals surface area contributed by atoms with Crippen molar-refractivity contribution in [2.24, 2.45) is 5.10 Å². The number of rotatable bonds is 4. The molecule has 0 aliphatic heterocycles. The summed E-state index contributed by atoms with van der Waals surface area (Å²) in [5.74, 6) is 0.209. The summed E-state index contributed by atoms with van der Waals surface area (Å²) in [6.45, 7) is 3.66. The number of nitro benzene ring substituents is 1. The van der Waals surface area contributed by atoms with Gasteiger partial charge in [0.15, 0.2) is 0 Å². The van der Waals surface area contributed by atoms with Gasteiger partial charge in [-0.15, -0.1) is 0 Å². The summed E-state index contributed by atoms with van der Waals surface area (Å²) in [5.41, 5.74) is 4.29. The van der Waals surface area contributed by atoms with Crippen LogP contribution in [0.3, 0.4) is 0 Å². The van der Waals surface area contributed by atoms with E-state index < -0.39 is 4.92 Å². The molecule has 1 aromatic carbocycles. The van der Waals surface area contributed by atoms with Gasteiger partial charge in [-0.2, -0.15) is 5.10 Å². The minimum Gasteiger partial charge on any atom is -0.507 e. The van der Waals surface area contributed by atoms with Crippen molar-refractivity contribution in [1.29, 1.82) is 0 Å². The first-order valence-corrected chi connectivity index (χ1v) is 6.04. The third-order valence-electron chi connectivity index (χ3n) is 2.57. The molecule has 0 saturated heterocycles. The molecule has 8 heteroatoms. The lowest BCUT2D eigenvalue weighted by Crippen LogP contribution is -2.00. The van der Waals surface area contributed by atoms with E-state index in [9.17, 15) is 15.2 Å². The topological polar surface area (TPSA) is 114 Å². The van der Waals surface area contributed by atoms with Crippen LogP contribution in [-0.4, -0.2) is 26.2 Å². The smallest absolute Gasteiger partial charge is 0.270 e. The number of aryl methyl sites for hydroxylation is 2. The molecule has 0 bridgehead atoms. The molecular weight excluding hydrogens is 274 g/mol. The van der Waals surface area contributed by atoms with Crippen LogP contribution in [-0.2, 0) is 0 Å². The molecule has 0 saturated carbocycles. The molecule has 2 N–H and O–H groups in total. The second kappa shape index (κ2) is 5.95. The molecule has 0 unspecified atom stereocenters. The Morgan fingerprint density at radius 3 is 2.57 bits per heavy atom. The lowest BCUT2D eigenvalue weighted by Gasteiger charge is -2.02. The molecule has 0 amide bonds. The van der Waals surface area contributed by atoms with Gasteiger partial charge < -0.3 is 5.11 Å². The van der Waals surface area contributed by atoms with Crippen LogP contribution in [0, 0.1) is 24.0 Å². The fourth-order valence-electron chi connectivity index (χ4n) is 1.69. The van der Waals surface area contributed by atoms with Crippen molar-refractivity contribution >= 4 is 17.9 Å². The molecule has 0 spiro atoms. The number of nitrogens with one attached hydrogen (secondary N) is 1. The number of aromatic hydroxyl groups is 1. The summed E-state index contributed by atoms with van der Waals surface area (Å²) in [5, 5.41) is 24.2. The van der Waals surface area contributed by atoms with Gasteiger partial charge in [-0.25, -0.2) is 15.4 Å². The molecule has 0 atom stereocenters. The minimum absolute atomic E-state index is 0.104. The van der Waals surface area contributed by atoms with Crippen molar-refractivity contribution in [3.05, 3.63) is 51.3 Å². The number of non-ortho nitro benzene ring substituents is 1. The Morgan fingerprint density at radius 2 is 1.95 bits per heavy atom. The third kappa shape index (κ3) is 3.72. The van der Waals surface area contributed by atoms with E-state index in [0.29, 0.717) is 5.95 Å². The van der Waals surface area contributed by atoms with Crippen molar-refractivity contribution in [3.63, 3.8) is 0 Å². The van der Waals surface area contributed by atoms with E-state index in [0.717, 1.165) is 11.4 Å². The van der Waals surface area contributed by atoms with E-state index >= 15 is 0 Å². The minimum atomic E-state index is -0.544. The van der Waals surface area contributed by atoms with Crippen LogP contribution in [0.25, 0.3) is 0 Å². The summed E-state index contributed by atoms with van der Waals surface area (Å²) in [4.78, 5) is 18.4. The van der Waals surface area contributed by atoms with Crippen molar-refractivity contribution in [2.45, 2.75) is 13.8 Å². The Hall–Kier alpha value is -3.03. The van der Waals surface area contributed by atoms with E-state index in [1.54, 1.807) is 0 Å². The van der Waals surface area contributed by atoms with Gasteiger partial charge in [0.2, 0.25) is 5.95 Å². The Morgan fingerprint density at radius 1 is 1.29 bits per heavy atom. The average molecular weight is 287 g/mol. The summed E-state index contributed by atoms with van der Waals surface area (Å²) in [6, 6.07) is 5.50. The quantitative estimate of drug-likeness (QED) is 0.506. The lowest BCUT2D eigenvalue weighted by molar-refractivity contribution is -0.384. The summed E-state index contributed by atoms with van der Waals surface area (Å²) in [7, 11) is 0. The van der Waals surface area contributed by atoms with Crippen molar-refractivity contribution < 1.29 is 10.0 Å². The molecule has 2 aromatic rings. The van der Waals surface area contributed by atoms with Crippen LogP contribution in [0.5, 0.6) is 5.75 Å². The molecular formula is C13H13N5O3. The summed E-state index contributed by atoms with van der Waals surface area (Å²) >= 11 is 0. The van der Waals surface area contributed by atoms with Crippen molar-refractivity contribution in [2.75, 3.05) is 5.43 Å². The first kappa shape index (κ1) is 14.4. The Balaban J connectivity index is 2.17. The molecule has 0 aliphatic rings. The predicted octanol–water partition coefficient (Wildman–Crippen LogP) is 2.15. The van der Waals surface area contributed by atoms with Gasteiger partial charge in [0, 0.05) is 29.1 Å². The highest BCUT2D eigenvalue weighted by molar-refractivity contribution is 5.84. The zero-order valence-electron chi connectivity index (χ0n) is 11.4. The number of nitrogens with zero attached hydrogens (tertiary/aromatic N) is 4. The molecule has 0 radical (unpaired) electrons. The fourth-order valence-corrected chi connectivity index (χ4v) is 1.69. The zero-order valence-corrected chi connectivity index (χ0v) is 11.4. The van der Waals surface area contributed by atoms with E-state index in [2.05, 4.69) is 20.5 Å². The normalized spacial score (nSPS) is 10.8. The average Bonchev–Trinajstić information content (AvgIpc) is 2.39. The second-order valence-electron chi connectivity index (χ2n) is 4.34. The van der Waals surface area contributed by atoms with E-state index in [-0.39, 0.29) is 17.0 Å². The van der Waals surface area contributed by atoms with Crippen LogP contribution in [0.15, 0.2) is 29.4 Å². The molecule has 108 valence electrons. The number of phenols is 1. The number of hydrazone groups is 1. The first-order valence-electron chi connectivity index (χ1n) is 6.04. The highest BCUT2D eigenvalue weighted by Gasteiger charge is 2.08. The van der Waals surface area contributed by atoms with Crippen LogP contribution >= 0.6 is 0 Å². The maximum Gasteiger partial charge on any atom is 0.270 e. The molecule has 0 fully saturated rings. The first-order chi connectivity index (χ1) is 9.95. The van der Waals surface area contributed by atoms with Gasteiger partial charge in [-0.3, -0.25) is 10.1 Å². The number of nitro groups is 1. The van der Waals surface area contributed by atoms with Crippen molar-refractivity contribution in [1.82, 2.24) is 9.97 Å². The van der Waals surface area contributed by atoms with Crippen LogP contribution < -0.4 is 5.43 Å². The molecule has 2 rings (SSSR count). The molecule has 0 aliphatic carbocycles. The number of phenolic OH excluding ortho intramolecular Hbond substituents is 1. The third-order valence-corrected chi connectivity index (χ3v) is 2.57. The van der Waals surface area contributed by atoms with Gasteiger partial charge in [-0.1, -0.05) is 0 Å². The number of anilines is 1. The molecule has 1 aromatic heterocycles. The maximum atomic E-state index is 10.7. The van der Waals surface area contributed by atoms with Crippen molar-refractivity contribution in [3.8, 4) is 5.75 Å². The molecule has 1 heterocycles. The molecule has 8 nitrogen and oxygen atoms in total. The fraction of sp³-hybridized carbons (Fsp3) is 0.154. The SMILES string of the molecule is Cc1cc(C)nc(N/N=C\c2cc([N+](=O)[O-])ccc2O)n1. The van der Waals surface area contributed by atoms with E-state index in [4.69, 9.17) is 0 Å². The summed E-state index contributed by atoms with van der Waals surface area (Å²) in [6.07, 6.45) is 1.27. The number of benzene rings is 1. The van der Waals surface area contributed by atoms with E-state index in [1.165, 1.54) is 24.4 Å². The highest BCUT2D eigenvalue weighted by atomic mass is 16.6. The number of hydrogen-bond acceptors (Lipinski definition) is 7. The second-order valence-corrected chi connectivity index (χ2v) is 4.34. The summed E-state index contributed by atoms with van der Waals surface area (Å²) < 4.78 is 0. The highest BCUT2D eigenvalue weighted by Crippen LogP contribution is 2.21. The van der Waals surface area contributed by atoms with Gasteiger partial charge in [-0.05, 0) is 26.0 Å². The molecule has 21 heavy (non-hydrogen) atoms. The van der Waals surface area contributed by atoms with Gasteiger partial charge >= 0.3 is 0 Å². The lowest BCUT2D eigenvalue weighted by atomic mass is 10.2. The predicted molar refractivity (Wildman–Crippen MR) is 77.5 cm³/mol. The van der Waals surface area contributed by atoms with Crippen LogP contribution in [0.2, 0.25) is 0 Å². The largest absolute Gasteiger partial charge is 0.507 e. The Labute approximate surface area is 120 Å².